The van der Waals surface area contributed by atoms with E-state index < -0.39 is 17.1 Å². The number of amides is 3. The highest BCUT2D eigenvalue weighted by Crippen LogP contribution is 2.39. The number of hydrogen-bond donors (Lipinski definition) is 0. The summed E-state index contributed by atoms with van der Waals surface area (Å²) in [6.45, 7) is 1.38. The van der Waals surface area contributed by atoms with Gasteiger partial charge in [0.1, 0.15) is 12.3 Å². The number of carbonyl (C=O) groups excluding carboxylic acids is 4. The second kappa shape index (κ2) is 11.8. The average molecular weight is 591 g/mol. The van der Waals surface area contributed by atoms with Gasteiger partial charge in [0.25, 0.3) is 11.1 Å². The molecule has 0 aromatic heterocycles. The number of hydrogen-bond acceptors (Lipinski definition) is 9. The lowest BCUT2D eigenvalue weighted by Crippen LogP contribution is -2.46. The summed E-state index contributed by atoms with van der Waals surface area (Å²) in [5, 5.41) is -0.520. The van der Waals surface area contributed by atoms with E-state index >= 15 is 0 Å². The van der Waals surface area contributed by atoms with Crippen molar-refractivity contribution < 1.29 is 38.1 Å². The molecule has 2 fully saturated rings. The molecule has 2 saturated heterocycles. The van der Waals surface area contributed by atoms with Gasteiger partial charge in [-0.2, -0.15) is 0 Å². The molecular weight excluding hydrogens is 568 g/mol. The minimum Gasteiger partial charge on any atom is -0.497 e. The zero-order chi connectivity index (χ0) is 26.5. The van der Waals surface area contributed by atoms with Gasteiger partial charge in [-0.15, -0.1) is 0 Å². The van der Waals surface area contributed by atoms with Crippen LogP contribution in [-0.2, 0) is 14.3 Å². The maximum absolute atomic E-state index is 12.9. The van der Waals surface area contributed by atoms with E-state index in [0.717, 1.165) is 16.7 Å². The van der Waals surface area contributed by atoms with Crippen LogP contribution in [-0.4, -0.2) is 79.9 Å². The summed E-state index contributed by atoms with van der Waals surface area (Å²) in [6, 6.07) is 9.66. The summed E-state index contributed by atoms with van der Waals surface area (Å²) in [7, 11) is 2.95. The van der Waals surface area contributed by atoms with E-state index in [-0.39, 0.29) is 28.9 Å². The standard InChI is InChI=1S/C25H23BrN2O8S/c1-33-17-5-3-16(4-6-17)24(31)36-22-18(26)11-15(12-19(22)34-2)13-20-23(30)28(25(32)37-20)14-21(29)27-7-9-35-10-8-27/h3-6,11-13H,7-10,14H2,1-2H3/b20-13-. The predicted octanol–water partition coefficient (Wildman–Crippen LogP) is 3.58. The van der Waals surface area contributed by atoms with Crippen molar-refractivity contribution >= 4 is 56.8 Å². The molecule has 2 aliphatic rings. The zero-order valence-corrected chi connectivity index (χ0v) is 22.4. The van der Waals surface area contributed by atoms with Gasteiger partial charge in [-0.25, -0.2) is 4.79 Å². The number of morpholine rings is 1. The molecule has 194 valence electrons. The first kappa shape index (κ1) is 26.7. The number of benzene rings is 2. The second-order valence-electron chi connectivity index (χ2n) is 7.91. The first-order chi connectivity index (χ1) is 17.8. The molecule has 0 saturated carbocycles. The Morgan fingerprint density at radius 3 is 2.43 bits per heavy atom. The molecule has 0 aliphatic carbocycles. The number of halogens is 1. The smallest absolute Gasteiger partial charge is 0.343 e. The number of thioether (sulfide) groups is 1. The largest absolute Gasteiger partial charge is 0.497 e. The highest BCUT2D eigenvalue weighted by Gasteiger charge is 2.37. The quantitative estimate of drug-likeness (QED) is 0.271. The Morgan fingerprint density at radius 1 is 1.08 bits per heavy atom. The summed E-state index contributed by atoms with van der Waals surface area (Å²) in [4.78, 5) is 53.2. The molecule has 0 N–H and O–H groups in total. The lowest BCUT2D eigenvalue weighted by atomic mass is 10.1. The van der Waals surface area contributed by atoms with Crippen LogP contribution in [0.25, 0.3) is 6.08 Å². The lowest BCUT2D eigenvalue weighted by molar-refractivity contribution is -0.139. The van der Waals surface area contributed by atoms with E-state index in [0.29, 0.717) is 47.7 Å². The fourth-order valence-corrected chi connectivity index (χ4v) is 5.02. The van der Waals surface area contributed by atoms with Crippen LogP contribution in [0.3, 0.4) is 0 Å². The summed E-state index contributed by atoms with van der Waals surface area (Å²) < 4.78 is 21.7. The normalized spacial score (nSPS) is 16.8. The van der Waals surface area contributed by atoms with Gasteiger partial charge in [-0.1, -0.05) is 0 Å². The van der Waals surface area contributed by atoms with Crippen molar-refractivity contribution in [1.29, 1.82) is 0 Å². The molecule has 2 aromatic rings. The highest BCUT2D eigenvalue weighted by atomic mass is 79.9. The summed E-state index contributed by atoms with van der Waals surface area (Å²) in [5.74, 6) is -0.454. The van der Waals surface area contributed by atoms with Crippen LogP contribution in [0.5, 0.6) is 17.2 Å². The van der Waals surface area contributed by atoms with Gasteiger partial charge in [-0.05, 0) is 75.7 Å². The van der Waals surface area contributed by atoms with Gasteiger partial charge in [0.05, 0.1) is 42.4 Å². The number of ether oxygens (including phenoxy) is 4. The zero-order valence-electron chi connectivity index (χ0n) is 20.0. The van der Waals surface area contributed by atoms with E-state index in [2.05, 4.69) is 15.9 Å². The van der Waals surface area contributed by atoms with Crippen molar-refractivity contribution in [3.8, 4) is 17.2 Å². The molecule has 12 heteroatoms. The number of carbonyl (C=O) groups is 4. The summed E-state index contributed by atoms with van der Waals surface area (Å²) in [6.07, 6.45) is 1.52. The van der Waals surface area contributed by atoms with Crippen LogP contribution in [0.2, 0.25) is 0 Å². The maximum atomic E-state index is 12.9. The Bertz CT molecular complexity index is 1260. The number of methoxy groups -OCH3 is 2. The van der Waals surface area contributed by atoms with Gasteiger partial charge in [-0.3, -0.25) is 19.3 Å². The van der Waals surface area contributed by atoms with Crippen LogP contribution in [0, 0.1) is 0 Å². The van der Waals surface area contributed by atoms with Crippen LogP contribution in [0.15, 0.2) is 45.8 Å². The van der Waals surface area contributed by atoms with Crippen molar-refractivity contribution in [3.05, 3.63) is 56.9 Å². The fourth-order valence-electron chi connectivity index (χ4n) is 3.64. The fraction of sp³-hybridized carbons (Fsp3) is 0.280. The van der Waals surface area contributed by atoms with E-state index in [1.165, 1.54) is 20.3 Å². The van der Waals surface area contributed by atoms with Crippen LogP contribution in [0.1, 0.15) is 15.9 Å². The minimum atomic E-state index is -0.597. The number of esters is 1. The molecular formula is C25H23BrN2O8S. The molecule has 0 bridgehead atoms. The molecule has 2 heterocycles. The van der Waals surface area contributed by atoms with E-state index in [1.807, 2.05) is 0 Å². The first-order valence-electron chi connectivity index (χ1n) is 11.2. The van der Waals surface area contributed by atoms with Gasteiger partial charge >= 0.3 is 5.97 Å². The number of imide groups is 1. The first-order valence-corrected chi connectivity index (χ1v) is 12.8. The van der Waals surface area contributed by atoms with E-state index in [9.17, 15) is 19.2 Å². The van der Waals surface area contributed by atoms with E-state index in [1.54, 1.807) is 41.3 Å². The number of rotatable bonds is 7. The third kappa shape index (κ3) is 6.14. The van der Waals surface area contributed by atoms with Gasteiger partial charge in [0.15, 0.2) is 11.5 Å². The van der Waals surface area contributed by atoms with Gasteiger partial charge < -0.3 is 23.8 Å². The Balaban J connectivity index is 1.50. The SMILES string of the molecule is COc1ccc(C(=O)Oc2c(Br)cc(/C=C3\SC(=O)N(CC(=O)N4CCOCC4)C3=O)cc2OC)cc1. The Kier molecular flexibility index (Phi) is 8.52. The third-order valence-electron chi connectivity index (χ3n) is 5.60. The van der Waals surface area contributed by atoms with Gasteiger partial charge in [0.2, 0.25) is 5.91 Å². The summed E-state index contributed by atoms with van der Waals surface area (Å²) >= 11 is 4.14. The summed E-state index contributed by atoms with van der Waals surface area (Å²) in [5.41, 5.74) is 0.845. The van der Waals surface area contributed by atoms with Crippen molar-refractivity contribution in [1.82, 2.24) is 9.80 Å². The van der Waals surface area contributed by atoms with Crippen molar-refractivity contribution in [2.24, 2.45) is 0 Å². The minimum absolute atomic E-state index is 0.157. The molecule has 2 aromatic carbocycles. The predicted molar refractivity (Wildman–Crippen MR) is 139 cm³/mol. The molecule has 4 rings (SSSR count). The van der Waals surface area contributed by atoms with Crippen LogP contribution >= 0.6 is 27.7 Å². The van der Waals surface area contributed by atoms with Crippen LogP contribution < -0.4 is 14.2 Å². The molecule has 3 amide bonds. The van der Waals surface area contributed by atoms with Crippen molar-refractivity contribution in [2.45, 2.75) is 0 Å². The van der Waals surface area contributed by atoms with Crippen molar-refractivity contribution in [2.75, 3.05) is 47.1 Å². The molecule has 0 radical (unpaired) electrons. The topological polar surface area (TPSA) is 112 Å². The van der Waals surface area contributed by atoms with E-state index in [4.69, 9.17) is 18.9 Å². The molecule has 2 aliphatic heterocycles. The molecule has 10 nitrogen and oxygen atoms in total. The maximum Gasteiger partial charge on any atom is 0.343 e. The highest BCUT2D eigenvalue weighted by molar-refractivity contribution is 9.10. The number of nitrogens with zero attached hydrogens (tertiary/aromatic N) is 2. The lowest BCUT2D eigenvalue weighted by Gasteiger charge is -2.28. The van der Waals surface area contributed by atoms with Gasteiger partial charge in [0, 0.05) is 13.1 Å². The Morgan fingerprint density at radius 2 is 1.78 bits per heavy atom. The monoisotopic (exact) mass is 590 g/mol. The Hall–Kier alpha value is -3.35. The third-order valence-corrected chi connectivity index (χ3v) is 7.10. The Labute approximate surface area is 225 Å². The van der Waals surface area contributed by atoms with Crippen molar-refractivity contribution in [3.63, 3.8) is 0 Å². The molecule has 0 spiro atoms. The van der Waals surface area contributed by atoms with Crippen LogP contribution in [0.4, 0.5) is 4.79 Å². The molecule has 37 heavy (non-hydrogen) atoms. The second-order valence-corrected chi connectivity index (χ2v) is 9.76. The average Bonchev–Trinajstić information content (AvgIpc) is 3.17. The molecule has 0 atom stereocenters. The molecule has 0 unspecified atom stereocenters.